The first-order chi connectivity index (χ1) is 28.8. The molecular formula is C54H54N3P2Y-. The van der Waals surface area contributed by atoms with Crippen LogP contribution in [-0.4, -0.2) is 28.2 Å². The van der Waals surface area contributed by atoms with Crippen molar-refractivity contribution >= 4 is 70.4 Å². The van der Waals surface area contributed by atoms with Crippen LogP contribution in [0.1, 0.15) is 11.1 Å². The summed E-state index contributed by atoms with van der Waals surface area (Å²) in [5, 5.41) is 13.5. The van der Waals surface area contributed by atoms with Gasteiger partial charge in [-0.05, 0) is 88.9 Å². The van der Waals surface area contributed by atoms with Crippen LogP contribution in [0.4, 0.5) is 22.7 Å². The summed E-state index contributed by atoms with van der Waals surface area (Å²) >= 11 is 0. The Labute approximate surface area is 386 Å². The largest absolute Gasteiger partial charge is 0.651 e. The molecular weight excluding hydrogens is 841 g/mol. The molecule has 8 aromatic carbocycles. The quantitative estimate of drug-likeness (QED) is 0.101. The minimum absolute atomic E-state index is 0. The van der Waals surface area contributed by atoms with Crippen LogP contribution >= 0.6 is 15.8 Å². The number of benzene rings is 8. The Hall–Kier alpha value is -5.14. The monoisotopic (exact) mass is 895 g/mol. The summed E-state index contributed by atoms with van der Waals surface area (Å²) in [5.74, 6) is 0. The van der Waals surface area contributed by atoms with Gasteiger partial charge in [0, 0.05) is 32.7 Å². The second kappa shape index (κ2) is 23.6. The van der Waals surface area contributed by atoms with Gasteiger partial charge in [-0.2, -0.15) is 37.1 Å². The fourth-order valence-electron chi connectivity index (χ4n) is 6.96. The van der Waals surface area contributed by atoms with Gasteiger partial charge in [-0.15, -0.1) is 12.1 Å². The van der Waals surface area contributed by atoms with Crippen molar-refractivity contribution in [1.82, 2.24) is 0 Å². The first-order valence-electron chi connectivity index (χ1n) is 19.8. The molecule has 0 bridgehead atoms. The molecule has 0 saturated heterocycles. The molecule has 8 aromatic rings. The number of anilines is 2. The fourth-order valence-corrected chi connectivity index (χ4v) is 12.3. The topological polar surface area (TPSA) is 20.6 Å². The van der Waals surface area contributed by atoms with Gasteiger partial charge in [0.1, 0.15) is 21.2 Å². The summed E-state index contributed by atoms with van der Waals surface area (Å²) in [6, 6.07) is 77.2. The van der Waals surface area contributed by atoms with Crippen LogP contribution in [0.2, 0.25) is 0 Å². The van der Waals surface area contributed by atoms with E-state index in [1.54, 1.807) is 0 Å². The molecule has 0 spiro atoms. The molecule has 1 radical (unpaired) electrons. The van der Waals surface area contributed by atoms with Crippen LogP contribution in [0.15, 0.2) is 218 Å². The van der Waals surface area contributed by atoms with Crippen molar-refractivity contribution in [2.24, 2.45) is 0 Å². The Kier molecular flexibility index (Phi) is 18.1. The first-order valence-corrected chi connectivity index (χ1v) is 22.8. The zero-order chi connectivity index (χ0) is 41.4. The van der Waals surface area contributed by atoms with Crippen LogP contribution in [0, 0.1) is 13.8 Å². The van der Waals surface area contributed by atoms with E-state index >= 15 is 0 Å². The predicted molar refractivity (Wildman–Crippen MR) is 266 cm³/mol. The van der Waals surface area contributed by atoms with E-state index in [-0.39, 0.29) is 32.7 Å². The Morgan fingerprint density at radius 1 is 0.333 bits per heavy atom. The Bertz CT molecular complexity index is 2210. The van der Waals surface area contributed by atoms with Gasteiger partial charge in [0.15, 0.2) is 0 Å². The molecule has 0 heterocycles. The summed E-state index contributed by atoms with van der Waals surface area (Å²) in [6.07, 6.45) is 0. The average Bonchev–Trinajstić information content (AvgIpc) is 3.27. The SMILES string of the molecule is [CH2-]c1ccccc1N(C)C.[CH2-]c1ccccc1N(C)C.[Y].c1ccc([PH+](c2ccccc2)c2ccccc2[N-]c2ccccc2[PH+](c2ccccc2)c2ccccc2)cc1. The third kappa shape index (κ3) is 12.5. The molecule has 299 valence electrons. The molecule has 0 unspecified atom stereocenters. The second-order valence-electron chi connectivity index (χ2n) is 14.4. The van der Waals surface area contributed by atoms with Gasteiger partial charge >= 0.3 is 0 Å². The Morgan fingerprint density at radius 2 is 0.583 bits per heavy atom. The van der Waals surface area contributed by atoms with Crippen LogP contribution in [0.3, 0.4) is 0 Å². The van der Waals surface area contributed by atoms with E-state index in [4.69, 9.17) is 5.32 Å². The minimum atomic E-state index is -1.25. The molecule has 0 aliphatic rings. The number of nitrogens with zero attached hydrogens (tertiary/aromatic N) is 3. The van der Waals surface area contributed by atoms with E-state index in [0.29, 0.717) is 0 Å². The van der Waals surface area contributed by atoms with Gasteiger partial charge in [-0.3, -0.25) is 0 Å². The molecule has 0 fully saturated rings. The van der Waals surface area contributed by atoms with E-state index in [1.165, 1.54) is 43.2 Å². The van der Waals surface area contributed by atoms with Crippen molar-refractivity contribution in [3.8, 4) is 0 Å². The second-order valence-corrected chi connectivity index (χ2v) is 19.3. The average molecular weight is 896 g/mol. The maximum Gasteiger partial charge on any atom is 0.102 e. The number of hydrogen-bond donors (Lipinski definition) is 0. The summed E-state index contributed by atoms with van der Waals surface area (Å²) < 4.78 is 0. The van der Waals surface area contributed by atoms with Crippen molar-refractivity contribution in [2.45, 2.75) is 0 Å². The van der Waals surface area contributed by atoms with E-state index in [0.717, 1.165) is 22.5 Å². The molecule has 0 aliphatic heterocycles. The molecule has 3 nitrogen and oxygen atoms in total. The van der Waals surface area contributed by atoms with E-state index in [9.17, 15) is 0 Å². The minimum Gasteiger partial charge on any atom is -0.651 e. The molecule has 0 N–H and O–H groups in total. The Morgan fingerprint density at radius 3 is 0.850 bits per heavy atom. The van der Waals surface area contributed by atoms with E-state index < -0.39 is 15.8 Å². The number of hydrogen-bond acceptors (Lipinski definition) is 2. The van der Waals surface area contributed by atoms with Crippen molar-refractivity contribution in [1.29, 1.82) is 0 Å². The molecule has 0 amide bonds. The zero-order valence-corrected chi connectivity index (χ0v) is 40.0. The maximum atomic E-state index is 5.44. The third-order valence-corrected chi connectivity index (χ3v) is 15.4. The van der Waals surface area contributed by atoms with Gasteiger partial charge in [0.05, 0.1) is 26.5 Å². The fraction of sp³-hybridized carbons (Fsp3) is 0.0741. The molecule has 0 saturated carbocycles. The first kappa shape index (κ1) is 45.9. The number of para-hydroxylation sites is 4. The van der Waals surface area contributed by atoms with Crippen molar-refractivity contribution in [3.63, 3.8) is 0 Å². The van der Waals surface area contributed by atoms with Gasteiger partial charge in [0.2, 0.25) is 0 Å². The normalized spacial score (nSPS) is 10.3. The van der Waals surface area contributed by atoms with E-state index in [2.05, 4.69) is 206 Å². The standard InChI is InChI=1S/C36H28NP2.2C9H12N.Y/c1-5-17-29(18-6-1)38(30-19-7-2-8-20-30)35-27-15-13-25-33(35)37-34-26-14-16-28-36(34)39(31-21-9-3-10-22-31)32-23-11-4-12-24-32;2*1-8-6-4-5-7-9(8)10(2)3;/h1-28H;2*4-7H,1H2,2-3H3;/q3*-1;/p+2. The van der Waals surface area contributed by atoms with Crippen LogP contribution in [-0.2, 0) is 32.7 Å². The smallest absolute Gasteiger partial charge is 0.102 e. The van der Waals surface area contributed by atoms with Crippen LogP contribution in [0.25, 0.3) is 5.32 Å². The molecule has 0 atom stereocenters. The summed E-state index contributed by atoms with van der Waals surface area (Å²) in [7, 11) is 5.58. The van der Waals surface area contributed by atoms with Gasteiger partial charge in [-0.1, -0.05) is 156 Å². The van der Waals surface area contributed by atoms with E-state index in [1.807, 2.05) is 64.6 Å². The van der Waals surface area contributed by atoms with Crippen molar-refractivity contribution in [2.75, 3.05) is 38.0 Å². The Balaban J connectivity index is 0.000000266. The maximum absolute atomic E-state index is 5.44. The summed E-state index contributed by atoms with van der Waals surface area (Å²) in [4.78, 5) is 4.12. The van der Waals surface area contributed by atoms with Crippen molar-refractivity contribution in [3.05, 3.63) is 249 Å². The summed E-state index contributed by atoms with van der Waals surface area (Å²) in [6.45, 7) is 7.80. The predicted octanol–water partition coefficient (Wildman–Crippen LogP) is 10.9. The number of rotatable bonds is 10. The third-order valence-electron chi connectivity index (χ3n) is 9.78. The van der Waals surface area contributed by atoms with Gasteiger partial charge in [-0.25, -0.2) is 0 Å². The van der Waals surface area contributed by atoms with Crippen LogP contribution in [0.5, 0.6) is 0 Å². The molecule has 8 rings (SSSR count). The van der Waals surface area contributed by atoms with Crippen LogP contribution < -0.4 is 41.6 Å². The van der Waals surface area contributed by atoms with Gasteiger partial charge < -0.3 is 15.1 Å². The zero-order valence-electron chi connectivity index (χ0n) is 35.1. The molecule has 0 aromatic heterocycles. The molecule has 0 aliphatic carbocycles. The van der Waals surface area contributed by atoms with Crippen molar-refractivity contribution < 1.29 is 32.7 Å². The summed E-state index contributed by atoms with van der Waals surface area (Å²) in [5.41, 5.74) is 6.62. The van der Waals surface area contributed by atoms with Gasteiger partial charge in [0.25, 0.3) is 0 Å². The molecule has 60 heavy (non-hydrogen) atoms. The molecule has 6 heteroatoms.